The van der Waals surface area contributed by atoms with Crippen LogP contribution in [0.15, 0.2) is 18.2 Å². The van der Waals surface area contributed by atoms with E-state index in [-0.39, 0.29) is 5.56 Å². The fourth-order valence-corrected chi connectivity index (χ4v) is 1.71. The van der Waals surface area contributed by atoms with Crippen LogP contribution in [0.4, 0.5) is 8.78 Å². The number of benzene rings is 1. The lowest BCUT2D eigenvalue weighted by molar-refractivity contribution is -0.341. The molecule has 20 heavy (non-hydrogen) atoms. The summed E-state index contributed by atoms with van der Waals surface area (Å²) in [4.78, 5) is 22.3. The minimum atomic E-state index is -4.29. The Morgan fingerprint density at radius 3 is 2.30 bits per heavy atom. The molecule has 0 unspecified atom stereocenters. The summed E-state index contributed by atoms with van der Waals surface area (Å²) in [6, 6.07) is 4.54. The number of esters is 1. The number of carbonyl (C=O) groups excluding carboxylic acids is 2. The molecule has 0 fully saturated rings. The molecular weight excluding hydrogens is 385 g/mol. The van der Waals surface area contributed by atoms with Gasteiger partial charge in [-0.15, -0.1) is 0 Å². The van der Waals surface area contributed by atoms with E-state index in [0.717, 1.165) is 23.0 Å². The first-order valence-electron chi connectivity index (χ1n) is 5.58. The van der Waals surface area contributed by atoms with Crippen molar-refractivity contribution in [3.8, 4) is 0 Å². The molecule has 110 valence electrons. The molecule has 4 nitrogen and oxygen atoms in total. The van der Waals surface area contributed by atoms with Crippen molar-refractivity contribution < 1.29 is 28.2 Å². The summed E-state index contributed by atoms with van der Waals surface area (Å²) < 4.78 is 32.3. The molecule has 0 aromatic heterocycles. The second-order valence-electron chi connectivity index (χ2n) is 4.73. The van der Waals surface area contributed by atoms with Crippen LogP contribution in [0, 0.1) is 10.5 Å². The smallest absolute Gasteiger partial charge is 0.338 e. The lowest BCUT2D eigenvalue weighted by atomic mass is 10.00. The Labute approximate surface area is 128 Å². The number of hydrogen-bond acceptors (Lipinski definition) is 4. The molecule has 1 aromatic carbocycles. The van der Waals surface area contributed by atoms with E-state index in [9.17, 15) is 23.5 Å². The van der Waals surface area contributed by atoms with Crippen molar-refractivity contribution in [2.45, 2.75) is 32.3 Å². The van der Waals surface area contributed by atoms with Crippen LogP contribution in [0.1, 0.15) is 29.8 Å². The zero-order chi connectivity index (χ0) is 15.7. The summed E-state index contributed by atoms with van der Waals surface area (Å²) in [7, 11) is 0. The monoisotopic (exact) mass is 397 g/mol. The van der Waals surface area contributed by atoms with E-state index < -0.39 is 23.5 Å². The highest BCUT2D eigenvalue weighted by molar-refractivity contribution is 14.1. The Morgan fingerprint density at radius 1 is 1.30 bits per heavy atom. The number of alkyl halides is 2. The summed E-state index contributed by atoms with van der Waals surface area (Å²) in [6.45, 7) is 3.39. The van der Waals surface area contributed by atoms with Crippen molar-refractivity contribution in [1.82, 2.24) is 0 Å². The second kappa shape index (κ2) is 5.63. The predicted molar refractivity (Wildman–Crippen MR) is 73.3 cm³/mol. The van der Waals surface area contributed by atoms with Crippen LogP contribution in [0.3, 0.4) is 0 Å². The van der Waals surface area contributed by atoms with Gasteiger partial charge in [0, 0.05) is 3.57 Å². The Balaban J connectivity index is 3.00. The highest BCUT2D eigenvalue weighted by Gasteiger charge is 2.51. The third-order valence-electron chi connectivity index (χ3n) is 2.75. The molecule has 0 amide bonds. The van der Waals surface area contributed by atoms with Crippen LogP contribution >= 0.6 is 22.6 Å². The minimum Gasteiger partial charge on any atom is -0.544 e. The maximum atomic E-state index is 13.4. The Kier molecular flexibility index (Phi) is 4.73. The average molecular weight is 397 g/mol. The molecule has 0 heterocycles. The summed E-state index contributed by atoms with van der Waals surface area (Å²) in [5.74, 6) is -7.90. The Hall–Kier alpha value is -1.25. The van der Waals surface area contributed by atoms with Gasteiger partial charge >= 0.3 is 11.9 Å². The zero-order valence-electron chi connectivity index (χ0n) is 11.0. The SMILES string of the molecule is Cc1cc(C(=O)OC(C)(C)C(F)(F)C(=O)[O-])ccc1I. The van der Waals surface area contributed by atoms with Crippen molar-refractivity contribution in [2.24, 2.45) is 0 Å². The van der Waals surface area contributed by atoms with Gasteiger partial charge in [0.2, 0.25) is 0 Å². The van der Waals surface area contributed by atoms with Gasteiger partial charge in [-0.05, 0) is 67.1 Å². The van der Waals surface area contributed by atoms with E-state index in [1.165, 1.54) is 12.1 Å². The number of rotatable bonds is 4. The van der Waals surface area contributed by atoms with Crippen LogP contribution < -0.4 is 5.11 Å². The molecule has 0 saturated carbocycles. The first kappa shape index (κ1) is 16.8. The zero-order valence-corrected chi connectivity index (χ0v) is 13.2. The standard InChI is InChI=1S/C13H13F2IO4/c1-7-6-8(4-5-9(7)16)10(17)20-12(2,3)13(14,15)11(18)19/h4-6H,1-3H3,(H,18,19)/p-1. The van der Waals surface area contributed by atoms with Crippen molar-refractivity contribution in [2.75, 3.05) is 0 Å². The van der Waals surface area contributed by atoms with Crippen LogP contribution in [-0.2, 0) is 9.53 Å². The lowest BCUT2D eigenvalue weighted by Crippen LogP contribution is -2.57. The molecule has 0 spiro atoms. The van der Waals surface area contributed by atoms with Gasteiger partial charge in [0.1, 0.15) is 5.97 Å². The molecule has 0 bridgehead atoms. The van der Waals surface area contributed by atoms with Gasteiger partial charge in [-0.1, -0.05) is 0 Å². The normalized spacial score (nSPS) is 12.1. The topological polar surface area (TPSA) is 66.4 Å². The van der Waals surface area contributed by atoms with Crippen LogP contribution in [0.25, 0.3) is 0 Å². The van der Waals surface area contributed by atoms with Crippen molar-refractivity contribution in [1.29, 1.82) is 0 Å². The number of aryl methyl sites for hydroxylation is 1. The van der Waals surface area contributed by atoms with Crippen LogP contribution in [-0.4, -0.2) is 23.5 Å². The van der Waals surface area contributed by atoms with Gasteiger partial charge in [0.15, 0.2) is 5.60 Å². The quantitative estimate of drug-likeness (QED) is 0.576. The Bertz CT molecular complexity index is 555. The highest BCUT2D eigenvalue weighted by Crippen LogP contribution is 2.32. The van der Waals surface area contributed by atoms with Gasteiger partial charge in [-0.2, -0.15) is 8.78 Å². The summed E-state index contributed by atoms with van der Waals surface area (Å²) in [5.41, 5.74) is -1.66. The molecule has 1 aromatic rings. The third kappa shape index (κ3) is 3.25. The molecule has 7 heteroatoms. The minimum absolute atomic E-state index is 0.0742. The van der Waals surface area contributed by atoms with Gasteiger partial charge in [0.05, 0.1) is 5.56 Å². The van der Waals surface area contributed by atoms with Crippen molar-refractivity contribution in [3.63, 3.8) is 0 Å². The first-order chi connectivity index (χ1) is 8.99. The Morgan fingerprint density at radius 2 is 1.85 bits per heavy atom. The number of halogens is 3. The molecule has 0 aliphatic carbocycles. The van der Waals surface area contributed by atoms with E-state index in [1.54, 1.807) is 13.0 Å². The molecule has 0 N–H and O–H groups in total. The predicted octanol–water partition coefficient (Wildman–Crippen LogP) is 1.92. The fraction of sp³-hybridized carbons (Fsp3) is 0.385. The van der Waals surface area contributed by atoms with Gasteiger partial charge in [0.25, 0.3) is 0 Å². The molecule has 0 radical (unpaired) electrons. The third-order valence-corrected chi connectivity index (χ3v) is 3.96. The molecular formula is C13H12F2IO4-. The van der Waals surface area contributed by atoms with Gasteiger partial charge in [-0.3, -0.25) is 0 Å². The number of ether oxygens (including phenoxy) is 1. The first-order valence-corrected chi connectivity index (χ1v) is 6.65. The number of hydrogen-bond donors (Lipinski definition) is 0. The van der Waals surface area contributed by atoms with Crippen LogP contribution in [0.5, 0.6) is 0 Å². The van der Waals surface area contributed by atoms with E-state index in [0.29, 0.717) is 0 Å². The van der Waals surface area contributed by atoms with Gasteiger partial charge in [-0.25, -0.2) is 4.79 Å². The van der Waals surface area contributed by atoms with E-state index in [2.05, 4.69) is 27.3 Å². The van der Waals surface area contributed by atoms with Gasteiger partial charge < -0.3 is 14.6 Å². The maximum absolute atomic E-state index is 13.4. The summed E-state index contributed by atoms with van der Waals surface area (Å²) in [6.07, 6.45) is 0. The molecule has 1 rings (SSSR count). The molecule has 0 aliphatic rings. The van der Waals surface area contributed by atoms with E-state index in [1.807, 2.05) is 0 Å². The van der Waals surface area contributed by atoms with E-state index >= 15 is 0 Å². The average Bonchev–Trinajstić information content (AvgIpc) is 2.31. The summed E-state index contributed by atoms with van der Waals surface area (Å²) in [5, 5.41) is 10.4. The largest absolute Gasteiger partial charge is 0.544 e. The maximum Gasteiger partial charge on any atom is 0.338 e. The number of carboxylic acids is 1. The molecule has 0 atom stereocenters. The molecule has 0 aliphatic heterocycles. The second-order valence-corrected chi connectivity index (χ2v) is 5.89. The van der Waals surface area contributed by atoms with Crippen molar-refractivity contribution in [3.05, 3.63) is 32.9 Å². The van der Waals surface area contributed by atoms with E-state index in [4.69, 9.17) is 0 Å². The highest BCUT2D eigenvalue weighted by atomic mass is 127. The number of carbonyl (C=O) groups is 2. The molecule has 0 saturated heterocycles. The fourth-order valence-electron chi connectivity index (χ4n) is 1.37. The lowest BCUT2D eigenvalue weighted by Gasteiger charge is -2.33. The number of carboxylic acid groups (broad SMARTS) is 1. The number of aliphatic carboxylic acids is 1. The summed E-state index contributed by atoms with van der Waals surface area (Å²) >= 11 is 2.06. The van der Waals surface area contributed by atoms with Crippen molar-refractivity contribution >= 4 is 34.5 Å². The van der Waals surface area contributed by atoms with Crippen LogP contribution in [0.2, 0.25) is 0 Å².